The van der Waals surface area contributed by atoms with Crippen LogP contribution in [0.25, 0.3) is 0 Å². The molecule has 2 rings (SSSR count). The largest absolute Gasteiger partial charge is 0.298 e. The van der Waals surface area contributed by atoms with Crippen LogP contribution in [0.4, 0.5) is 0 Å². The Bertz CT molecular complexity index is 207. The summed E-state index contributed by atoms with van der Waals surface area (Å²) in [5, 5.41) is 1.43. The zero-order valence-electron chi connectivity index (χ0n) is 7.62. The number of thioether (sulfide) groups is 1. The minimum atomic E-state index is 0.259. The summed E-state index contributed by atoms with van der Waals surface area (Å²) < 4.78 is 0. The van der Waals surface area contributed by atoms with E-state index < -0.39 is 0 Å². The third kappa shape index (κ3) is 1.19. The normalized spacial score (nSPS) is 39.7. The van der Waals surface area contributed by atoms with Crippen LogP contribution in [0.2, 0.25) is 0 Å². The quantitative estimate of drug-likeness (QED) is 0.615. The SMILES string of the molecule is CCC(=O)C1C2SC2CN1CC. The van der Waals surface area contributed by atoms with Crippen LogP contribution >= 0.6 is 11.8 Å². The Balaban J connectivity index is 2.05. The molecule has 2 fully saturated rings. The molecule has 2 aliphatic heterocycles. The number of rotatable bonds is 3. The highest BCUT2D eigenvalue weighted by molar-refractivity contribution is 8.07. The van der Waals surface area contributed by atoms with Gasteiger partial charge in [-0.15, -0.1) is 11.8 Å². The first kappa shape index (κ1) is 8.57. The van der Waals surface area contributed by atoms with Gasteiger partial charge in [-0.1, -0.05) is 13.8 Å². The van der Waals surface area contributed by atoms with E-state index in [9.17, 15) is 4.79 Å². The fourth-order valence-corrected chi connectivity index (χ4v) is 3.35. The van der Waals surface area contributed by atoms with Gasteiger partial charge in [0.15, 0.2) is 5.78 Å². The average Bonchev–Trinajstić information content (AvgIpc) is 2.76. The summed E-state index contributed by atoms with van der Waals surface area (Å²) in [5.74, 6) is 0.439. The smallest absolute Gasteiger partial charge is 0.150 e. The fraction of sp³-hybridized carbons (Fsp3) is 0.889. The number of nitrogens with zero attached hydrogens (tertiary/aromatic N) is 1. The standard InChI is InChI=1S/C9H15NOS/c1-3-6(11)8-9-7(12-9)5-10(8)4-2/h7-9H,3-5H2,1-2H3. The van der Waals surface area contributed by atoms with Crippen molar-refractivity contribution < 1.29 is 4.79 Å². The summed E-state index contributed by atoms with van der Waals surface area (Å²) in [7, 11) is 0. The molecule has 2 heterocycles. The highest BCUT2D eigenvalue weighted by Crippen LogP contribution is 2.50. The van der Waals surface area contributed by atoms with Crippen molar-refractivity contribution in [2.45, 2.75) is 36.8 Å². The number of carbonyl (C=O) groups is 1. The van der Waals surface area contributed by atoms with Crippen molar-refractivity contribution in [3.63, 3.8) is 0 Å². The fourth-order valence-electron chi connectivity index (χ4n) is 2.06. The summed E-state index contributed by atoms with van der Waals surface area (Å²) in [6.45, 7) is 6.29. The molecule has 0 N–H and O–H groups in total. The Morgan fingerprint density at radius 3 is 2.92 bits per heavy atom. The number of hydrogen-bond donors (Lipinski definition) is 0. The molecule has 2 aliphatic rings. The molecular weight excluding hydrogens is 170 g/mol. The number of carbonyl (C=O) groups excluding carboxylic acids is 1. The maximum atomic E-state index is 11.6. The van der Waals surface area contributed by atoms with Gasteiger partial charge in [0.05, 0.1) is 6.04 Å². The minimum Gasteiger partial charge on any atom is -0.298 e. The second-order valence-corrected chi connectivity index (χ2v) is 4.91. The molecule has 0 amide bonds. The molecule has 0 aromatic heterocycles. The maximum Gasteiger partial charge on any atom is 0.150 e. The first-order valence-electron chi connectivity index (χ1n) is 4.70. The van der Waals surface area contributed by atoms with Gasteiger partial charge in [0.1, 0.15) is 0 Å². The van der Waals surface area contributed by atoms with Crippen molar-refractivity contribution in [1.82, 2.24) is 4.90 Å². The molecule has 0 radical (unpaired) electrons. The third-order valence-electron chi connectivity index (χ3n) is 2.83. The summed E-state index contributed by atoms with van der Waals surface area (Å²) in [6.07, 6.45) is 0.699. The second-order valence-electron chi connectivity index (χ2n) is 3.49. The number of ketones is 1. The van der Waals surface area contributed by atoms with Crippen molar-refractivity contribution in [2.75, 3.05) is 13.1 Å². The second kappa shape index (κ2) is 3.04. The molecule has 2 saturated heterocycles. The van der Waals surface area contributed by atoms with Gasteiger partial charge in [-0.25, -0.2) is 0 Å². The van der Waals surface area contributed by atoms with E-state index >= 15 is 0 Å². The van der Waals surface area contributed by atoms with Crippen molar-refractivity contribution >= 4 is 17.5 Å². The Hall–Kier alpha value is -0.0200. The summed E-state index contributed by atoms with van der Waals surface area (Å²) in [6, 6.07) is 0.259. The van der Waals surface area contributed by atoms with Crippen LogP contribution in [-0.4, -0.2) is 40.3 Å². The Labute approximate surface area is 77.7 Å². The van der Waals surface area contributed by atoms with E-state index in [1.54, 1.807) is 0 Å². The number of likely N-dealkylation sites (tertiary alicyclic amines) is 1. The van der Waals surface area contributed by atoms with Gasteiger partial charge in [0.25, 0.3) is 0 Å². The van der Waals surface area contributed by atoms with Crippen molar-refractivity contribution in [2.24, 2.45) is 0 Å². The molecule has 0 bridgehead atoms. The van der Waals surface area contributed by atoms with E-state index in [0.29, 0.717) is 17.5 Å². The van der Waals surface area contributed by atoms with E-state index in [2.05, 4.69) is 11.8 Å². The summed E-state index contributed by atoms with van der Waals surface area (Å²) >= 11 is 1.99. The van der Waals surface area contributed by atoms with E-state index in [-0.39, 0.29) is 6.04 Å². The van der Waals surface area contributed by atoms with Crippen LogP contribution in [0.1, 0.15) is 20.3 Å². The average molecular weight is 185 g/mol. The maximum absolute atomic E-state index is 11.6. The lowest BCUT2D eigenvalue weighted by molar-refractivity contribution is -0.122. The van der Waals surface area contributed by atoms with Gasteiger partial charge in [0.2, 0.25) is 0 Å². The Kier molecular flexibility index (Phi) is 2.17. The summed E-state index contributed by atoms with van der Waals surface area (Å²) in [5.41, 5.74) is 0. The van der Waals surface area contributed by atoms with E-state index in [0.717, 1.165) is 18.3 Å². The van der Waals surface area contributed by atoms with Gasteiger partial charge in [0, 0.05) is 23.5 Å². The number of Topliss-reactive ketones (excluding diaryl/α,β-unsaturated/α-hetero) is 1. The lowest BCUT2D eigenvalue weighted by atomic mass is 10.1. The lowest BCUT2D eigenvalue weighted by Gasteiger charge is -2.23. The highest BCUT2D eigenvalue weighted by atomic mass is 32.2. The van der Waals surface area contributed by atoms with Gasteiger partial charge < -0.3 is 0 Å². The third-order valence-corrected chi connectivity index (χ3v) is 4.20. The molecule has 0 aromatic carbocycles. The van der Waals surface area contributed by atoms with E-state index in [1.165, 1.54) is 0 Å². The molecule has 2 nitrogen and oxygen atoms in total. The van der Waals surface area contributed by atoms with E-state index in [4.69, 9.17) is 0 Å². The molecular formula is C9H15NOS. The minimum absolute atomic E-state index is 0.259. The van der Waals surface area contributed by atoms with Crippen LogP contribution < -0.4 is 0 Å². The van der Waals surface area contributed by atoms with Gasteiger partial charge >= 0.3 is 0 Å². The van der Waals surface area contributed by atoms with Crippen LogP contribution in [0.15, 0.2) is 0 Å². The first-order chi connectivity index (χ1) is 5.77. The Morgan fingerprint density at radius 2 is 2.33 bits per heavy atom. The highest BCUT2D eigenvalue weighted by Gasteiger charge is 2.55. The molecule has 0 aromatic rings. The molecule has 0 saturated carbocycles. The van der Waals surface area contributed by atoms with E-state index in [1.807, 2.05) is 18.7 Å². The van der Waals surface area contributed by atoms with Crippen LogP contribution in [-0.2, 0) is 4.79 Å². The van der Waals surface area contributed by atoms with Crippen molar-refractivity contribution in [3.8, 4) is 0 Å². The van der Waals surface area contributed by atoms with Crippen LogP contribution in [0.5, 0.6) is 0 Å². The van der Waals surface area contributed by atoms with Gasteiger partial charge in [-0.05, 0) is 6.54 Å². The zero-order valence-corrected chi connectivity index (χ0v) is 8.43. The van der Waals surface area contributed by atoms with Crippen molar-refractivity contribution in [1.29, 1.82) is 0 Å². The van der Waals surface area contributed by atoms with Gasteiger partial charge in [-0.3, -0.25) is 9.69 Å². The number of fused-ring (bicyclic) bond motifs is 1. The number of hydrogen-bond acceptors (Lipinski definition) is 3. The van der Waals surface area contributed by atoms with Crippen LogP contribution in [0.3, 0.4) is 0 Å². The molecule has 0 aliphatic carbocycles. The monoisotopic (exact) mass is 185 g/mol. The summed E-state index contributed by atoms with van der Waals surface area (Å²) in [4.78, 5) is 13.9. The van der Waals surface area contributed by atoms with Crippen LogP contribution in [0, 0.1) is 0 Å². The Morgan fingerprint density at radius 1 is 1.58 bits per heavy atom. The van der Waals surface area contributed by atoms with Crippen molar-refractivity contribution in [3.05, 3.63) is 0 Å². The molecule has 0 spiro atoms. The van der Waals surface area contributed by atoms with Gasteiger partial charge in [-0.2, -0.15) is 0 Å². The molecule has 3 unspecified atom stereocenters. The molecule has 3 atom stereocenters. The predicted octanol–water partition coefficient (Wildman–Crippen LogP) is 1.15. The predicted molar refractivity (Wildman–Crippen MR) is 51.5 cm³/mol. The lowest BCUT2D eigenvalue weighted by Crippen LogP contribution is -2.39. The zero-order chi connectivity index (χ0) is 8.72. The number of likely N-dealkylation sites (N-methyl/N-ethyl adjacent to an activating group) is 1. The first-order valence-corrected chi connectivity index (χ1v) is 5.64. The molecule has 68 valence electrons. The molecule has 3 heteroatoms. The molecule has 12 heavy (non-hydrogen) atoms. The topological polar surface area (TPSA) is 20.3 Å².